The minimum atomic E-state index is -3.77. The van der Waals surface area contributed by atoms with E-state index in [4.69, 9.17) is 9.84 Å². The Balaban J connectivity index is 3.38. The smallest absolute Gasteiger partial charge is 0.335 e. The molecule has 21 heavy (non-hydrogen) atoms. The van der Waals surface area contributed by atoms with E-state index in [0.717, 1.165) is 0 Å². The van der Waals surface area contributed by atoms with E-state index in [1.807, 2.05) is 0 Å². The van der Waals surface area contributed by atoms with Crippen LogP contribution in [0.5, 0.6) is 0 Å². The number of likely N-dealkylation sites (N-methyl/N-ethyl adjacent to an activating group) is 1. The van der Waals surface area contributed by atoms with Crippen LogP contribution in [0.3, 0.4) is 0 Å². The Kier molecular flexibility index (Phi) is 5.49. The van der Waals surface area contributed by atoms with Gasteiger partial charge in [-0.15, -0.1) is 0 Å². The SMILES string of the molecule is COCC(C)N(C)S(=O)(=O)c1cc(C(=O)O)c(C)cc1C. The average molecular weight is 315 g/mol. The monoisotopic (exact) mass is 315 g/mol. The lowest BCUT2D eigenvalue weighted by Gasteiger charge is -2.24. The van der Waals surface area contributed by atoms with E-state index < -0.39 is 16.0 Å². The summed E-state index contributed by atoms with van der Waals surface area (Å²) >= 11 is 0. The topological polar surface area (TPSA) is 83.9 Å². The number of aromatic carboxylic acids is 1. The summed E-state index contributed by atoms with van der Waals surface area (Å²) in [6.45, 7) is 5.28. The van der Waals surface area contributed by atoms with Gasteiger partial charge in [0.05, 0.1) is 17.1 Å². The molecule has 1 unspecified atom stereocenters. The molecule has 0 aliphatic carbocycles. The summed E-state index contributed by atoms with van der Waals surface area (Å²) < 4.78 is 31.4. The molecule has 0 spiro atoms. The Morgan fingerprint density at radius 2 is 1.90 bits per heavy atom. The van der Waals surface area contributed by atoms with Gasteiger partial charge in [-0.25, -0.2) is 13.2 Å². The summed E-state index contributed by atoms with van der Waals surface area (Å²) in [5.74, 6) is -1.14. The van der Waals surface area contributed by atoms with Crippen molar-refractivity contribution in [2.24, 2.45) is 0 Å². The minimum Gasteiger partial charge on any atom is -0.478 e. The number of methoxy groups -OCH3 is 1. The second-order valence-corrected chi connectivity index (χ2v) is 7.03. The van der Waals surface area contributed by atoms with Crippen molar-refractivity contribution >= 4 is 16.0 Å². The van der Waals surface area contributed by atoms with Crippen molar-refractivity contribution in [3.8, 4) is 0 Å². The maximum Gasteiger partial charge on any atom is 0.335 e. The standard InChI is InChI=1S/C14H21NO5S/c1-9-6-10(2)13(7-12(9)14(16)17)21(18,19)15(4)11(3)8-20-5/h6-7,11H,8H2,1-5H3,(H,16,17). The van der Waals surface area contributed by atoms with Crippen molar-refractivity contribution in [2.45, 2.75) is 31.7 Å². The van der Waals surface area contributed by atoms with E-state index in [-0.39, 0.29) is 23.1 Å². The lowest BCUT2D eigenvalue weighted by Crippen LogP contribution is -2.38. The molecular formula is C14H21NO5S. The number of nitrogens with zero attached hydrogens (tertiary/aromatic N) is 1. The molecule has 1 rings (SSSR count). The fraction of sp³-hybridized carbons (Fsp3) is 0.500. The van der Waals surface area contributed by atoms with Gasteiger partial charge in [0.2, 0.25) is 10.0 Å². The van der Waals surface area contributed by atoms with Gasteiger partial charge in [0.1, 0.15) is 0 Å². The third-order valence-electron chi connectivity index (χ3n) is 3.44. The molecule has 0 fully saturated rings. The summed E-state index contributed by atoms with van der Waals surface area (Å²) in [5, 5.41) is 9.15. The zero-order valence-electron chi connectivity index (χ0n) is 12.9. The molecule has 0 aromatic heterocycles. The van der Waals surface area contributed by atoms with Gasteiger partial charge in [-0.2, -0.15) is 4.31 Å². The first kappa shape index (κ1) is 17.6. The van der Waals surface area contributed by atoms with Gasteiger partial charge in [0.25, 0.3) is 0 Å². The first-order chi connectivity index (χ1) is 9.62. The van der Waals surface area contributed by atoms with Crippen molar-refractivity contribution in [1.29, 1.82) is 0 Å². The largest absolute Gasteiger partial charge is 0.478 e. The molecule has 6 nitrogen and oxygen atoms in total. The number of carboxylic acid groups (broad SMARTS) is 1. The lowest BCUT2D eigenvalue weighted by molar-refractivity contribution is 0.0696. The molecule has 0 heterocycles. The van der Waals surface area contributed by atoms with E-state index in [1.54, 1.807) is 26.8 Å². The summed E-state index contributed by atoms with van der Waals surface area (Å²) in [4.78, 5) is 11.2. The van der Waals surface area contributed by atoms with Crippen molar-refractivity contribution in [2.75, 3.05) is 20.8 Å². The van der Waals surface area contributed by atoms with Crippen molar-refractivity contribution in [3.05, 3.63) is 28.8 Å². The van der Waals surface area contributed by atoms with Gasteiger partial charge in [-0.05, 0) is 38.0 Å². The Labute approximate surface area is 125 Å². The van der Waals surface area contributed by atoms with Crippen LogP contribution in [0.1, 0.15) is 28.4 Å². The molecular weight excluding hydrogens is 294 g/mol. The number of aryl methyl sites for hydroxylation is 2. The molecule has 0 aliphatic rings. The second-order valence-electron chi connectivity index (χ2n) is 5.06. The predicted octanol–water partition coefficient (Wildman–Crippen LogP) is 1.66. The first-order valence-electron chi connectivity index (χ1n) is 6.44. The number of carbonyl (C=O) groups is 1. The van der Waals surface area contributed by atoms with Crippen LogP contribution in [0.2, 0.25) is 0 Å². The fourth-order valence-corrected chi connectivity index (χ4v) is 3.66. The van der Waals surface area contributed by atoms with Gasteiger partial charge in [0.15, 0.2) is 0 Å². The third-order valence-corrected chi connectivity index (χ3v) is 5.55. The molecule has 0 radical (unpaired) electrons. The summed E-state index contributed by atoms with van der Waals surface area (Å²) in [6.07, 6.45) is 0. The minimum absolute atomic E-state index is 0.00744. The normalized spacial score (nSPS) is 13.4. The number of benzene rings is 1. The Hall–Kier alpha value is -1.44. The summed E-state index contributed by atoms with van der Waals surface area (Å²) in [6, 6.07) is 2.44. The summed E-state index contributed by atoms with van der Waals surface area (Å²) in [7, 11) is -0.820. The van der Waals surface area contributed by atoms with Gasteiger partial charge in [-0.3, -0.25) is 0 Å². The molecule has 1 atom stereocenters. The predicted molar refractivity (Wildman–Crippen MR) is 79.2 cm³/mol. The number of rotatable bonds is 6. The van der Waals surface area contributed by atoms with Crippen LogP contribution >= 0.6 is 0 Å². The maximum atomic E-state index is 12.6. The van der Waals surface area contributed by atoms with Crippen LogP contribution in [-0.4, -0.2) is 50.6 Å². The molecule has 118 valence electrons. The summed E-state index contributed by atoms with van der Waals surface area (Å²) in [5.41, 5.74) is 1.05. The van der Waals surface area contributed by atoms with Crippen LogP contribution in [-0.2, 0) is 14.8 Å². The van der Waals surface area contributed by atoms with Crippen LogP contribution in [0.4, 0.5) is 0 Å². The highest BCUT2D eigenvalue weighted by Gasteiger charge is 2.28. The number of ether oxygens (including phenoxy) is 1. The van der Waals surface area contributed by atoms with Gasteiger partial charge < -0.3 is 9.84 Å². The number of hydrogen-bond donors (Lipinski definition) is 1. The molecule has 0 amide bonds. The molecule has 0 aliphatic heterocycles. The highest BCUT2D eigenvalue weighted by atomic mass is 32.2. The average Bonchev–Trinajstić information content (AvgIpc) is 2.37. The molecule has 7 heteroatoms. The molecule has 0 saturated heterocycles. The van der Waals surface area contributed by atoms with Crippen molar-refractivity contribution in [3.63, 3.8) is 0 Å². The first-order valence-corrected chi connectivity index (χ1v) is 7.88. The fourth-order valence-electron chi connectivity index (χ4n) is 2.08. The second kappa shape index (κ2) is 6.55. The zero-order chi connectivity index (χ0) is 16.4. The van der Waals surface area contributed by atoms with E-state index in [9.17, 15) is 13.2 Å². The van der Waals surface area contributed by atoms with Gasteiger partial charge in [0, 0.05) is 20.2 Å². The van der Waals surface area contributed by atoms with Crippen LogP contribution in [0.25, 0.3) is 0 Å². The van der Waals surface area contributed by atoms with Crippen molar-refractivity contribution in [1.82, 2.24) is 4.31 Å². The zero-order valence-corrected chi connectivity index (χ0v) is 13.7. The van der Waals surface area contributed by atoms with E-state index in [2.05, 4.69) is 0 Å². The highest BCUT2D eigenvalue weighted by Crippen LogP contribution is 2.24. The maximum absolute atomic E-state index is 12.6. The van der Waals surface area contributed by atoms with Crippen LogP contribution < -0.4 is 0 Å². The Morgan fingerprint density at radius 3 is 2.38 bits per heavy atom. The number of carboxylic acids is 1. The van der Waals surface area contributed by atoms with Gasteiger partial charge >= 0.3 is 5.97 Å². The molecule has 1 N–H and O–H groups in total. The van der Waals surface area contributed by atoms with Crippen molar-refractivity contribution < 1.29 is 23.1 Å². The Morgan fingerprint density at radius 1 is 1.33 bits per heavy atom. The van der Waals surface area contributed by atoms with Crippen LogP contribution in [0, 0.1) is 13.8 Å². The van der Waals surface area contributed by atoms with E-state index >= 15 is 0 Å². The molecule has 0 saturated carbocycles. The highest BCUT2D eigenvalue weighted by molar-refractivity contribution is 7.89. The molecule has 1 aromatic rings. The van der Waals surface area contributed by atoms with E-state index in [1.165, 1.54) is 24.5 Å². The lowest BCUT2D eigenvalue weighted by atomic mass is 10.1. The van der Waals surface area contributed by atoms with E-state index in [0.29, 0.717) is 11.1 Å². The third kappa shape index (κ3) is 3.61. The van der Waals surface area contributed by atoms with Gasteiger partial charge in [-0.1, -0.05) is 6.07 Å². The van der Waals surface area contributed by atoms with Crippen LogP contribution in [0.15, 0.2) is 17.0 Å². The molecule has 1 aromatic carbocycles. The molecule has 0 bridgehead atoms. The number of sulfonamides is 1. The quantitative estimate of drug-likeness (QED) is 0.863. The Bertz CT molecular complexity index is 639. The number of hydrogen-bond acceptors (Lipinski definition) is 4.